The first-order valence-corrected chi connectivity index (χ1v) is 11.6. The number of hydrogen-bond acceptors (Lipinski definition) is 5. The first-order chi connectivity index (χ1) is 18.5. The maximum absolute atomic E-state index is 14.4. The monoisotopic (exact) mass is 596 g/mol. The van der Waals surface area contributed by atoms with Gasteiger partial charge in [-0.05, 0) is 36.4 Å². The molecule has 2 aromatic heterocycles. The van der Waals surface area contributed by atoms with E-state index in [0.29, 0.717) is 21.3 Å². The van der Waals surface area contributed by atoms with Gasteiger partial charge in [0.05, 0.1) is 6.42 Å². The summed E-state index contributed by atoms with van der Waals surface area (Å²) in [4.78, 5) is 16.7. The van der Waals surface area contributed by atoms with E-state index in [1.54, 1.807) is 0 Å². The normalized spacial score (nSPS) is 12.7. The van der Waals surface area contributed by atoms with Gasteiger partial charge in [0.25, 0.3) is 0 Å². The van der Waals surface area contributed by atoms with Gasteiger partial charge in [0.2, 0.25) is 5.82 Å². The lowest BCUT2D eigenvalue weighted by atomic mass is 10.2. The van der Waals surface area contributed by atoms with Gasteiger partial charge in [0.1, 0.15) is 12.2 Å². The minimum absolute atomic E-state index is 0.171. The number of aromatic nitrogens is 6. The van der Waals surface area contributed by atoms with E-state index >= 15 is 0 Å². The molecule has 0 saturated heterocycles. The summed E-state index contributed by atoms with van der Waals surface area (Å²) < 4.78 is 112. The number of benzene rings is 2. The third kappa shape index (κ3) is 6.78. The Morgan fingerprint density at radius 1 is 0.925 bits per heavy atom. The van der Waals surface area contributed by atoms with Crippen LogP contribution >= 0.6 is 11.6 Å². The highest BCUT2D eigenvalue weighted by molar-refractivity contribution is 6.30. The Balaban J connectivity index is 1.79. The van der Waals surface area contributed by atoms with Crippen molar-refractivity contribution in [2.75, 3.05) is 0 Å². The first-order valence-electron chi connectivity index (χ1n) is 11.2. The van der Waals surface area contributed by atoms with E-state index in [9.17, 15) is 39.9 Å². The zero-order valence-electron chi connectivity index (χ0n) is 20.1. The average molecular weight is 597 g/mol. The minimum atomic E-state index is -5.15. The molecule has 0 fully saturated rings. The van der Waals surface area contributed by atoms with Crippen LogP contribution in [0.1, 0.15) is 25.0 Å². The quantitative estimate of drug-likeness (QED) is 0.235. The third-order valence-electron chi connectivity index (χ3n) is 5.30. The standard InChI is InChI=1S/C23H17ClF8N6O2/c1-21(25,26)19-33-17(34-38(19)15-4-2-3-5-16(15)40-23(30,31)32)12-37-20(39)36(11-10-22(27,28)29)18(35-37)13-6-8-14(24)9-7-13/h2-9H,10-12H2,1H3. The van der Waals surface area contributed by atoms with Crippen molar-refractivity contribution >= 4 is 11.6 Å². The van der Waals surface area contributed by atoms with Gasteiger partial charge in [-0.3, -0.25) is 4.57 Å². The highest BCUT2D eigenvalue weighted by atomic mass is 35.5. The topological polar surface area (TPSA) is 79.8 Å². The van der Waals surface area contributed by atoms with E-state index in [0.717, 1.165) is 16.7 Å². The summed E-state index contributed by atoms with van der Waals surface area (Å²) in [6.07, 6.45) is -11.1. The Hall–Kier alpha value is -3.95. The zero-order valence-corrected chi connectivity index (χ0v) is 20.9. The summed E-state index contributed by atoms with van der Waals surface area (Å²) in [5.74, 6) is -6.31. The van der Waals surface area contributed by atoms with Gasteiger partial charge in [-0.1, -0.05) is 23.7 Å². The molecule has 4 aromatic rings. The Morgan fingerprint density at radius 3 is 2.17 bits per heavy atom. The van der Waals surface area contributed by atoms with Crippen molar-refractivity contribution in [1.82, 2.24) is 29.1 Å². The van der Waals surface area contributed by atoms with E-state index in [-0.39, 0.29) is 11.4 Å². The summed E-state index contributed by atoms with van der Waals surface area (Å²) in [5, 5.41) is 8.22. The molecule has 0 atom stereocenters. The first kappa shape index (κ1) is 29.0. The van der Waals surface area contributed by atoms with Crippen LogP contribution in [0.5, 0.6) is 5.75 Å². The molecule has 17 heteroatoms. The Bertz CT molecular complexity index is 1550. The predicted molar refractivity (Wildman–Crippen MR) is 124 cm³/mol. The SMILES string of the molecule is CC(F)(F)c1nc(Cn2nc(-c3ccc(Cl)cc3)n(CCC(F)(F)F)c2=O)nn1-c1ccccc1OC(F)(F)F. The van der Waals surface area contributed by atoms with Gasteiger partial charge >= 0.3 is 24.2 Å². The fourth-order valence-corrected chi connectivity index (χ4v) is 3.77. The van der Waals surface area contributed by atoms with Crippen LogP contribution in [-0.4, -0.2) is 41.7 Å². The molecule has 214 valence electrons. The number of hydrogen-bond donors (Lipinski definition) is 0. The average Bonchev–Trinajstić information content (AvgIpc) is 3.39. The molecule has 2 aromatic carbocycles. The van der Waals surface area contributed by atoms with Crippen molar-refractivity contribution in [3.05, 3.63) is 75.7 Å². The van der Waals surface area contributed by atoms with Crippen molar-refractivity contribution in [2.24, 2.45) is 0 Å². The van der Waals surface area contributed by atoms with Crippen LogP contribution in [0.3, 0.4) is 0 Å². The summed E-state index contributed by atoms with van der Waals surface area (Å²) in [6, 6.07) is 10.0. The number of para-hydroxylation sites is 2. The van der Waals surface area contributed by atoms with Crippen molar-refractivity contribution < 1.29 is 39.9 Å². The summed E-state index contributed by atoms with van der Waals surface area (Å²) in [7, 11) is 0. The molecular formula is C23H17ClF8N6O2. The van der Waals surface area contributed by atoms with Crippen molar-refractivity contribution in [1.29, 1.82) is 0 Å². The summed E-state index contributed by atoms with van der Waals surface area (Å²) in [5.41, 5.74) is -1.32. The maximum atomic E-state index is 14.4. The number of halogens is 9. The molecule has 4 rings (SSSR count). The van der Waals surface area contributed by atoms with Crippen molar-refractivity contribution in [3.63, 3.8) is 0 Å². The molecule has 2 heterocycles. The molecule has 0 amide bonds. The molecule has 40 heavy (non-hydrogen) atoms. The molecular weight excluding hydrogens is 580 g/mol. The molecule has 0 bridgehead atoms. The molecule has 0 saturated carbocycles. The smallest absolute Gasteiger partial charge is 0.403 e. The number of ether oxygens (including phenoxy) is 1. The predicted octanol–water partition coefficient (Wildman–Crippen LogP) is 5.96. The van der Waals surface area contributed by atoms with Crippen LogP contribution in [0.25, 0.3) is 17.1 Å². The highest BCUT2D eigenvalue weighted by Gasteiger charge is 2.36. The van der Waals surface area contributed by atoms with Crippen LogP contribution in [-0.2, 0) is 19.0 Å². The van der Waals surface area contributed by atoms with Crippen LogP contribution in [0.2, 0.25) is 5.02 Å². The third-order valence-corrected chi connectivity index (χ3v) is 5.55. The molecule has 0 aliphatic rings. The summed E-state index contributed by atoms with van der Waals surface area (Å²) in [6.45, 7) is -1.07. The fourth-order valence-electron chi connectivity index (χ4n) is 3.65. The van der Waals surface area contributed by atoms with Gasteiger partial charge < -0.3 is 4.74 Å². The molecule has 0 aliphatic carbocycles. The largest absolute Gasteiger partial charge is 0.573 e. The van der Waals surface area contributed by atoms with Gasteiger partial charge in [-0.2, -0.15) is 22.0 Å². The Labute approximate surface area is 224 Å². The zero-order chi connectivity index (χ0) is 29.5. The lowest BCUT2D eigenvalue weighted by Crippen LogP contribution is -2.27. The number of nitrogens with zero attached hydrogens (tertiary/aromatic N) is 6. The van der Waals surface area contributed by atoms with Gasteiger partial charge in [0.15, 0.2) is 17.4 Å². The van der Waals surface area contributed by atoms with Crippen LogP contribution in [0.4, 0.5) is 35.1 Å². The summed E-state index contributed by atoms with van der Waals surface area (Å²) >= 11 is 5.86. The molecule has 0 spiro atoms. The molecule has 0 unspecified atom stereocenters. The fraction of sp³-hybridized carbons (Fsp3) is 0.304. The van der Waals surface area contributed by atoms with Crippen LogP contribution in [0.15, 0.2) is 53.3 Å². The van der Waals surface area contributed by atoms with E-state index in [1.807, 2.05) is 0 Å². The molecule has 0 radical (unpaired) electrons. The van der Waals surface area contributed by atoms with E-state index < -0.39 is 66.7 Å². The van der Waals surface area contributed by atoms with Gasteiger partial charge in [0, 0.05) is 24.1 Å². The second-order valence-electron chi connectivity index (χ2n) is 8.45. The number of rotatable bonds is 8. The van der Waals surface area contributed by atoms with Gasteiger partial charge in [-0.15, -0.1) is 23.4 Å². The number of alkyl halides is 8. The second-order valence-corrected chi connectivity index (χ2v) is 8.89. The minimum Gasteiger partial charge on any atom is -0.403 e. The van der Waals surface area contributed by atoms with Crippen molar-refractivity contribution in [2.45, 2.75) is 44.9 Å². The van der Waals surface area contributed by atoms with E-state index in [4.69, 9.17) is 11.6 Å². The molecule has 8 nitrogen and oxygen atoms in total. The van der Waals surface area contributed by atoms with Crippen LogP contribution < -0.4 is 10.4 Å². The maximum Gasteiger partial charge on any atom is 0.573 e. The van der Waals surface area contributed by atoms with Crippen LogP contribution in [0, 0.1) is 0 Å². The van der Waals surface area contributed by atoms with Crippen molar-refractivity contribution in [3.8, 4) is 22.8 Å². The lowest BCUT2D eigenvalue weighted by Gasteiger charge is -2.15. The Kier molecular flexibility index (Phi) is 7.66. The van der Waals surface area contributed by atoms with Gasteiger partial charge in [-0.25, -0.2) is 19.1 Å². The van der Waals surface area contributed by atoms with E-state index in [2.05, 4.69) is 19.9 Å². The lowest BCUT2D eigenvalue weighted by molar-refractivity contribution is -0.274. The van der Waals surface area contributed by atoms with E-state index in [1.165, 1.54) is 36.4 Å². The molecule has 0 aliphatic heterocycles. The Morgan fingerprint density at radius 2 is 1.57 bits per heavy atom. The highest BCUT2D eigenvalue weighted by Crippen LogP contribution is 2.33. The second kappa shape index (κ2) is 10.6. The molecule has 0 N–H and O–H groups in total.